The van der Waals surface area contributed by atoms with E-state index in [9.17, 15) is 9.59 Å². The van der Waals surface area contributed by atoms with E-state index >= 15 is 0 Å². The van der Waals surface area contributed by atoms with Crippen molar-refractivity contribution in [1.82, 2.24) is 9.80 Å². The van der Waals surface area contributed by atoms with Crippen LogP contribution in [0.25, 0.3) is 0 Å². The third kappa shape index (κ3) is 5.73. The van der Waals surface area contributed by atoms with Crippen molar-refractivity contribution in [2.75, 3.05) is 25.0 Å². The minimum atomic E-state index is -0.472. The van der Waals surface area contributed by atoms with Crippen molar-refractivity contribution in [3.63, 3.8) is 0 Å². The molecule has 0 aromatic heterocycles. The van der Waals surface area contributed by atoms with Crippen LogP contribution in [0.2, 0.25) is 0 Å². The lowest BCUT2D eigenvalue weighted by Crippen LogP contribution is -2.54. The molecule has 0 unspecified atom stereocenters. The Hall–Kier alpha value is -2.08. The fourth-order valence-corrected chi connectivity index (χ4v) is 3.16. The molecule has 26 heavy (non-hydrogen) atoms. The number of carbonyl (C=O) groups is 2. The van der Waals surface area contributed by atoms with Gasteiger partial charge in [-0.25, -0.2) is 4.79 Å². The molecule has 1 aliphatic heterocycles. The molecule has 144 valence electrons. The summed E-state index contributed by atoms with van der Waals surface area (Å²) in [5.41, 5.74) is 2.73. The van der Waals surface area contributed by atoms with Crippen LogP contribution in [0, 0.1) is 6.92 Å². The monoisotopic (exact) mass is 361 g/mol. The number of carbonyl (C=O) groups excluding carboxylic acids is 2. The number of aryl methyl sites for hydroxylation is 1. The first-order valence-electron chi connectivity index (χ1n) is 9.14. The van der Waals surface area contributed by atoms with Crippen LogP contribution >= 0.6 is 0 Å². The van der Waals surface area contributed by atoms with E-state index in [2.05, 4.69) is 30.1 Å². The highest BCUT2D eigenvalue weighted by Crippen LogP contribution is 2.20. The number of nitrogens with one attached hydrogen (secondary N) is 1. The average molecular weight is 361 g/mol. The topological polar surface area (TPSA) is 61.9 Å². The number of ether oxygens (including phenoxy) is 1. The minimum Gasteiger partial charge on any atom is -0.444 e. The van der Waals surface area contributed by atoms with Crippen LogP contribution in [0.1, 0.15) is 45.7 Å². The highest BCUT2D eigenvalue weighted by Gasteiger charge is 2.30. The number of benzene rings is 1. The second kappa shape index (κ2) is 8.08. The predicted molar refractivity (Wildman–Crippen MR) is 103 cm³/mol. The van der Waals surface area contributed by atoms with Gasteiger partial charge in [-0.15, -0.1) is 0 Å². The van der Waals surface area contributed by atoms with Crippen molar-refractivity contribution in [2.45, 2.75) is 59.7 Å². The lowest BCUT2D eigenvalue weighted by Gasteiger charge is -2.40. The first kappa shape index (κ1) is 20.2. The van der Waals surface area contributed by atoms with E-state index in [1.165, 1.54) is 12.5 Å². The molecular weight excluding hydrogens is 330 g/mol. The van der Waals surface area contributed by atoms with Crippen molar-refractivity contribution in [3.8, 4) is 0 Å². The zero-order chi connectivity index (χ0) is 19.5. The Morgan fingerprint density at radius 1 is 1.27 bits per heavy atom. The summed E-state index contributed by atoms with van der Waals surface area (Å²) in [5.74, 6) is -0.0655. The number of amides is 2. The summed E-state index contributed by atoms with van der Waals surface area (Å²) in [6.07, 6.45) is -0.236. The number of hydrogen-bond donors (Lipinski definition) is 1. The molecule has 0 aliphatic carbocycles. The van der Waals surface area contributed by atoms with Gasteiger partial charge in [0.05, 0.1) is 0 Å². The van der Waals surface area contributed by atoms with Gasteiger partial charge in [-0.1, -0.05) is 6.07 Å². The van der Waals surface area contributed by atoms with Crippen LogP contribution in [0.5, 0.6) is 0 Å². The molecule has 2 amide bonds. The second-order valence-electron chi connectivity index (χ2n) is 8.08. The first-order valence-corrected chi connectivity index (χ1v) is 9.14. The Morgan fingerprint density at radius 3 is 2.50 bits per heavy atom. The Bertz CT molecular complexity index is 667. The standard InChI is InChI=1S/C20H31N3O3/c1-14-11-18(21-16(3)24)8-7-17(14)13-22-9-10-23(15(2)12-22)19(25)26-20(4,5)6/h7-8,11,15H,9-10,12-13H2,1-6H3,(H,21,24)/t15-/m0/s1. The maximum Gasteiger partial charge on any atom is 0.410 e. The van der Waals surface area contributed by atoms with Gasteiger partial charge < -0.3 is 15.0 Å². The molecule has 1 fully saturated rings. The molecule has 0 bridgehead atoms. The van der Waals surface area contributed by atoms with Crippen LogP contribution in [0.4, 0.5) is 10.5 Å². The van der Waals surface area contributed by atoms with Gasteiger partial charge in [0.1, 0.15) is 5.60 Å². The van der Waals surface area contributed by atoms with Gasteiger partial charge in [0.25, 0.3) is 0 Å². The largest absolute Gasteiger partial charge is 0.444 e. The summed E-state index contributed by atoms with van der Waals surface area (Å²) in [7, 11) is 0. The van der Waals surface area contributed by atoms with Gasteiger partial charge in [-0.05, 0) is 57.9 Å². The molecule has 1 heterocycles. The fraction of sp³-hybridized carbons (Fsp3) is 0.600. The Kier molecular flexibility index (Phi) is 6.29. The molecule has 1 aromatic rings. The highest BCUT2D eigenvalue weighted by atomic mass is 16.6. The summed E-state index contributed by atoms with van der Waals surface area (Å²) < 4.78 is 5.50. The summed E-state index contributed by atoms with van der Waals surface area (Å²) in [5, 5.41) is 2.81. The van der Waals surface area contributed by atoms with Gasteiger partial charge in [0, 0.05) is 44.8 Å². The minimum absolute atomic E-state index is 0.0655. The van der Waals surface area contributed by atoms with E-state index in [1.54, 1.807) is 0 Å². The van der Waals surface area contributed by atoms with E-state index < -0.39 is 5.60 Å². The van der Waals surface area contributed by atoms with Gasteiger partial charge in [0.2, 0.25) is 5.91 Å². The van der Waals surface area contributed by atoms with Crippen molar-refractivity contribution in [3.05, 3.63) is 29.3 Å². The number of anilines is 1. The molecule has 1 N–H and O–H groups in total. The average Bonchev–Trinajstić information content (AvgIpc) is 2.47. The number of piperazine rings is 1. The van der Waals surface area contributed by atoms with Gasteiger partial charge in [0.15, 0.2) is 0 Å². The zero-order valence-corrected chi connectivity index (χ0v) is 16.8. The SMILES string of the molecule is CC(=O)Nc1ccc(CN2CCN(C(=O)OC(C)(C)C)[C@@H](C)C2)c(C)c1. The molecule has 1 aromatic carbocycles. The van der Waals surface area contributed by atoms with Gasteiger partial charge in [-0.3, -0.25) is 9.69 Å². The van der Waals surface area contributed by atoms with Crippen molar-refractivity contribution in [2.24, 2.45) is 0 Å². The summed E-state index contributed by atoms with van der Waals surface area (Å²) in [4.78, 5) is 27.7. The predicted octanol–water partition coefficient (Wildman–Crippen LogP) is 3.39. The van der Waals surface area contributed by atoms with Crippen LogP contribution in [0.15, 0.2) is 18.2 Å². The quantitative estimate of drug-likeness (QED) is 0.896. The Morgan fingerprint density at radius 2 is 1.96 bits per heavy atom. The van der Waals surface area contributed by atoms with Crippen LogP contribution in [-0.2, 0) is 16.1 Å². The lowest BCUT2D eigenvalue weighted by atomic mass is 10.1. The highest BCUT2D eigenvalue weighted by molar-refractivity contribution is 5.88. The maximum atomic E-state index is 12.3. The van der Waals surface area contributed by atoms with Crippen molar-refractivity contribution >= 4 is 17.7 Å². The normalized spacial score (nSPS) is 18.5. The number of hydrogen-bond acceptors (Lipinski definition) is 4. The second-order valence-corrected chi connectivity index (χ2v) is 8.08. The van der Waals surface area contributed by atoms with E-state index in [0.29, 0.717) is 6.54 Å². The third-order valence-electron chi connectivity index (χ3n) is 4.40. The summed E-state index contributed by atoms with van der Waals surface area (Å²) >= 11 is 0. The fourth-order valence-electron chi connectivity index (χ4n) is 3.16. The van der Waals surface area contributed by atoms with Crippen LogP contribution < -0.4 is 5.32 Å². The Labute approximate surface area is 156 Å². The summed E-state index contributed by atoms with van der Waals surface area (Å²) in [6.45, 7) is 14.4. The van der Waals surface area contributed by atoms with E-state index in [-0.39, 0.29) is 18.0 Å². The molecule has 0 spiro atoms. The van der Waals surface area contributed by atoms with E-state index in [1.807, 2.05) is 37.8 Å². The molecule has 1 saturated heterocycles. The number of nitrogens with zero attached hydrogens (tertiary/aromatic N) is 2. The Balaban J connectivity index is 1.95. The molecular formula is C20H31N3O3. The lowest BCUT2D eigenvalue weighted by molar-refractivity contribution is -0.114. The molecule has 0 saturated carbocycles. The van der Waals surface area contributed by atoms with E-state index in [0.717, 1.165) is 30.9 Å². The molecule has 6 heteroatoms. The van der Waals surface area contributed by atoms with Crippen molar-refractivity contribution < 1.29 is 14.3 Å². The third-order valence-corrected chi connectivity index (χ3v) is 4.40. The van der Waals surface area contributed by atoms with Crippen LogP contribution in [0.3, 0.4) is 0 Å². The molecule has 1 atom stereocenters. The van der Waals surface area contributed by atoms with E-state index in [4.69, 9.17) is 4.74 Å². The van der Waals surface area contributed by atoms with Gasteiger partial charge in [-0.2, -0.15) is 0 Å². The number of rotatable bonds is 3. The smallest absolute Gasteiger partial charge is 0.410 e. The summed E-state index contributed by atoms with van der Waals surface area (Å²) in [6, 6.07) is 6.10. The van der Waals surface area contributed by atoms with Gasteiger partial charge >= 0.3 is 6.09 Å². The molecule has 1 aliphatic rings. The zero-order valence-electron chi connectivity index (χ0n) is 16.8. The maximum absolute atomic E-state index is 12.3. The van der Waals surface area contributed by atoms with Crippen molar-refractivity contribution in [1.29, 1.82) is 0 Å². The van der Waals surface area contributed by atoms with Crippen LogP contribution in [-0.4, -0.2) is 53.1 Å². The first-order chi connectivity index (χ1) is 12.0. The molecule has 0 radical (unpaired) electrons. The molecule has 2 rings (SSSR count). The molecule has 6 nitrogen and oxygen atoms in total.